The van der Waals surface area contributed by atoms with Gasteiger partial charge < -0.3 is 10.6 Å². The van der Waals surface area contributed by atoms with Crippen LogP contribution in [0, 0.1) is 17.1 Å². The molecule has 0 saturated heterocycles. The summed E-state index contributed by atoms with van der Waals surface area (Å²) in [5.41, 5.74) is 0.471. The third kappa shape index (κ3) is 4.11. The molecule has 4 nitrogen and oxygen atoms in total. The van der Waals surface area contributed by atoms with Gasteiger partial charge in [0.25, 0.3) is 0 Å². The maximum absolute atomic E-state index is 13.2. The zero-order chi connectivity index (χ0) is 12.7. The highest BCUT2D eigenvalue weighted by Gasteiger charge is 2.04. The van der Waals surface area contributed by atoms with Crippen molar-refractivity contribution < 1.29 is 9.18 Å². The Morgan fingerprint density at radius 2 is 2.29 bits per heavy atom. The summed E-state index contributed by atoms with van der Waals surface area (Å²) in [5.74, 6) is -0.733. The average molecular weight is 235 g/mol. The number of nitrogens with zero attached hydrogens (tertiary/aromatic N) is 1. The molecule has 0 heterocycles. The van der Waals surface area contributed by atoms with Gasteiger partial charge in [-0.05, 0) is 24.6 Å². The first-order valence-corrected chi connectivity index (χ1v) is 5.37. The van der Waals surface area contributed by atoms with E-state index < -0.39 is 5.82 Å². The van der Waals surface area contributed by atoms with Crippen LogP contribution in [0.5, 0.6) is 0 Å². The Labute approximate surface area is 99.4 Å². The Bertz CT molecular complexity index is 440. The third-order valence-corrected chi connectivity index (χ3v) is 2.11. The number of hydrogen-bond acceptors (Lipinski definition) is 3. The molecule has 1 aromatic rings. The maximum Gasteiger partial charge on any atom is 0.239 e. The van der Waals surface area contributed by atoms with Gasteiger partial charge in [0.05, 0.1) is 12.1 Å². The van der Waals surface area contributed by atoms with E-state index in [1.165, 1.54) is 12.1 Å². The van der Waals surface area contributed by atoms with E-state index in [9.17, 15) is 9.18 Å². The Kier molecular flexibility index (Phi) is 4.95. The molecule has 5 heteroatoms. The molecule has 0 spiro atoms. The van der Waals surface area contributed by atoms with E-state index in [4.69, 9.17) is 5.26 Å². The number of carbonyl (C=O) groups excluding carboxylic acids is 1. The molecular weight excluding hydrogens is 221 g/mol. The molecule has 1 rings (SSSR count). The molecule has 1 aromatic carbocycles. The predicted molar refractivity (Wildman–Crippen MR) is 62.9 cm³/mol. The second-order valence-electron chi connectivity index (χ2n) is 3.51. The topological polar surface area (TPSA) is 64.9 Å². The largest absolute Gasteiger partial charge is 0.376 e. The quantitative estimate of drug-likeness (QED) is 0.815. The number of halogens is 1. The highest BCUT2D eigenvalue weighted by atomic mass is 19.1. The summed E-state index contributed by atoms with van der Waals surface area (Å²) in [5, 5.41) is 14.0. The van der Waals surface area contributed by atoms with Crippen LogP contribution in [0.15, 0.2) is 18.2 Å². The van der Waals surface area contributed by atoms with E-state index in [1.807, 2.05) is 6.92 Å². The monoisotopic (exact) mass is 235 g/mol. The van der Waals surface area contributed by atoms with E-state index >= 15 is 0 Å². The van der Waals surface area contributed by atoms with E-state index in [1.54, 1.807) is 12.1 Å². The second kappa shape index (κ2) is 6.48. The van der Waals surface area contributed by atoms with Crippen molar-refractivity contribution in [3.8, 4) is 6.07 Å². The van der Waals surface area contributed by atoms with Crippen molar-refractivity contribution in [1.82, 2.24) is 5.32 Å². The van der Waals surface area contributed by atoms with Crippen LogP contribution in [0.2, 0.25) is 0 Å². The van der Waals surface area contributed by atoms with Crippen molar-refractivity contribution >= 4 is 11.6 Å². The van der Waals surface area contributed by atoms with Crippen molar-refractivity contribution in [1.29, 1.82) is 5.26 Å². The number of hydrogen-bond donors (Lipinski definition) is 2. The summed E-state index contributed by atoms with van der Waals surface area (Å²) in [6.45, 7) is 2.68. The van der Waals surface area contributed by atoms with Gasteiger partial charge in [0.1, 0.15) is 11.9 Å². The predicted octanol–water partition coefficient (Wildman–Crippen LogP) is 1.64. The maximum atomic E-state index is 13.2. The van der Waals surface area contributed by atoms with Crippen LogP contribution in [0.25, 0.3) is 0 Å². The fourth-order valence-corrected chi connectivity index (χ4v) is 1.22. The lowest BCUT2D eigenvalue weighted by atomic mass is 10.2. The summed E-state index contributed by atoms with van der Waals surface area (Å²) in [4.78, 5) is 11.3. The minimum atomic E-state index is -0.591. The molecule has 0 radical (unpaired) electrons. The molecule has 0 atom stereocenters. The van der Waals surface area contributed by atoms with Crippen LogP contribution < -0.4 is 10.6 Å². The molecule has 90 valence electrons. The summed E-state index contributed by atoms with van der Waals surface area (Å²) < 4.78 is 13.2. The number of nitrogens with one attached hydrogen (secondary N) is 2. The molecule has 17 heavy (non-hydrogen) atoms. The van der Waals surface area contributed by atoms with Gasteiger partial charge in [0.15, 0.2) is 0 Å². The number of amides is 1. The molecule has 0 saturated carbocycles. The molecular formula is C12H14FN3O. The molecule has 0 unspecified atom stereocenters. The SMILES string of the molecule is CCCNC(=O)CNc1ccc(C#N)c(F)c1. The zero-order valence-corrected chi connectivity index (χ0v) is 9.59. The zero-order valence-electron chi connectivity index (χ0n) is 9.59. The van der Waals surface area contributed by atoms with Gasteiger partial charge >= 0.3 is 0 Å². The fourth-order valence-electron chi connectivity index (χ4n) is 1.22. The Hall–Kier alpha value is -2.09. The Balaban J connectivity index is 2.50. The summed E-state index contributed by atoms with van der Waals surface area (Å²) in [6, 6.07) is 5.87. The Morgan fingerprint density at radius 1 is 1.53 bits per heavy atom. The minimum Gasteiger partial charge on any atom is -0.376 e. The van der Waals surface area contributed by atoms with Crippen LogP contribution in [0.1, 0.15) is 18.9 Å². The van der Waals surface area contributed by atoms with Crippen LogP contribution >= 0.6 is 0 Å². The standard InChI is InChI=1S/C12H14FN3O/c1-2-5-15-12(17)8-16-10-4-3-9(7-14)11(13)6-10/h3-4,6,16H,2,5,8H2,1H3,(H,15,17). The molecule has 0 fully saturated rings. The first-order valence-electron chi connectivity index (χ1n) is 5.37. The van der Waals surface area contributed by atoms with E-state index in [-0.39, 0.29) is 18.0 Å². The van der Waals surface area contributed by atoms with Gasteiger partial charge in [-0.1, -0.05) is 6.92 Å². The minimum absolute atomic E-state index is 0.00835. The van der Waals surface area contributed by atoms with Gasteiger partial charge in [-0.15, -0.1) is 0 Å². The van der Waals surface area contributed by atoms with E-state index in [2.05, 4.69) is 10.6 Å². The van der Waals surface area contributed by atoms with Gasteiger partial charge in [-0.3, -0.25) is 4.79 Å². The second-order valence-corrected chi connectivity index (χ2v) is 3.51. The van der Waals surface area contributed by atoms with Gasteiger partial charge in [0, 0.05) is 12.2 Å². The Morgan fingerprint density at radius 3 is 2.88 bits per heavy atom. The number of anilines is 1. The van der Waals surface area contributed by atoms with Gasteiger partial charge in [-0.25, -0.2) is 4.39 Å². The highest BCUT2D eigenvalue weighted by molar-refractivity contribution is 5.80. The van der Waals surface area contributed by atoms with E-state index in [0.717, 1.165) is 6.42 Å². The van der Waals surface area contributed by atoms with Crippen molar-refractivity contribution in [3.05, 3.63) is 29.6 Å². The number of nitriles is 1. The molecule has 0 aliphatic rings. The summed E-state index contributed by atoms with van der Waals surface area (Å²) in [6.07, 6.45) is 0.872. The van der Waals surface area contributed by atoms with Crippen LogP contribution in [0.3, 0.4) is 0 Å². The number of benzene rings is 1. The normalized spacial score (nSPS) is 9.47. The van der Waals surface area contributed by atoms with E-state index in [0.29, 0.717) is 12.2 Å². The fraction of sp³-hybridized carbons (Fsp3) is 0.333. The van der Waals surface area contributed by atoms with Crippen LogP contribution in [-0.2, 0) is 4.79 Å². The highest BCUT2D eigenvalue weighted by Crippen LogP contribution is 2.13. The van der Waals surface area contributed by atoms with Gasteiger partial charge in [0.2, 0.25) is 5.91 Å². The molecule has 0 aliphatic heterocycles. The smallest absolute Gasteiger partial charge is 0.239 e. The van der Waals surface area contributed by atoms with Crippen molar-refractivity contribution in [2.75, 3.05) is 18.4 Å². The van der Waals surface area contributed by atoms with Crippen LogP contribution in [-0.4, -0.2) is 19.0 Å². The average Bonchev–Trinajstić information content (AvgIpc) is 2.34. The molecule has 1 amide bonds. The third-order valence-electron chi connectivity index (χ3n) is 2.11. The lowest BCUT2D eigenvalue weighted by Crippen LogP contribution is -2.30. The lowest BCUT2D eigenvalue weighted by molar-refractivity contribution is -0.119. The van der Waals surface area contributed by atoms with Crippen molar-refractivity contribution in [3.63, 3.8) is 0 Å². The summed E-state index contributed by atoms with van der Waals surface area (Å²) >= 11 is 0. The van der Waals surface area contributed by atoms with Crippen molar-refractivity contribution in [2.24, 2.45) is 0 Å². The summed E-state index contributed by atoms with van der Waals surface area (Å²) in [7, 11) is 0. The molecule has 0 aromatic heterocycles. The molecule has 0 bridgehead atoms. The van der Waals surface area contributed by atoms with Crippen LogP contribution in [0.4, 0.5) is 10.1 Å². The first-order chi connectivity index (χ1) is 8.17. The lowest BCUT2D eigenvalue weighted by Gasteiger charge is -2.07. The molecule has 0 aliphatic carbocycles. The molecule has 2 N–H and O–H groups in total. The number of rotatable bonds is 5. The van der Waals surface area contributed by atoms with Crippen molar-refractivity contribution in [2.45, 2.75) is 13.3 Å². The first kappa shape index (κ1) is 13.0. The van der Waals surface area contributed by atoms with Gasteiger partial charge in [-0.2, -0.15) is 5.26 Å². The number of carbonyl (C=O) groups is 1.